The van der Waals surface area contributed by atoms with E-state index in [0.29, 0.717) is 30.9 Å². The Balaban J connectivity index is 1.36. The molecule has 1 spiro atoms. The fraction of sp³-hybridized carbons (Fsp3) is 0.571. The summed E-state index contributed by atoms with van der Waals surface area (Å²) in [5.41, 5.74) is 0.605. The minimum absolute atomic E-state index is 0.00760. The molecule has 9 heteroatoms. The summed E-state index contributed by atoms with van der Waals surface area (Å²) in [5, 5.41) is 2.19. The summed E-state index contributed by atoms with van der Waals surface area (Å²) >= 11 is 0. The predicted molar refractivity (Wildman–Crippen MR) is 106 cm³/mol. The molecule has 162 valence electrons. The molecule has 3 heterocycles. The Morgan fingerprint density at radius 1 is 1.23 bits per heavy atom. The van der Waals surface area contributed by atoms with Crippen LogP contribution >= 0.6 is 0 Å². The zero-order valence-corrected chi connectivity index (χ0v) is 17.2. The number of imide groups is 1. The molecule has 30 heavy (non-hydrogen) atoms. The van der Waals surface area contributed by atoms with Gasteiger partial charge in [0.25, 0.3) is 0 Å². The number of halogens is 1. The van der Waals surface area contributed by atoms with Gasteiger partial charge in [0.2, 0.25) is 11.8 Å². The van der Waals surface area contributed by atoms with Crippen molar-refractivity contribution >= 4 is 17.8 Å². The molecule has 0 bridgehead atoms. The van der Waals surface area contributed by atoms with Gasteiger partial charge in [-0.25, -0.2) is 9.18 Å². The molecule has 1 N–H and O–H groups in total. The highest BCUT2D eigenvalue weighted by atomic mass is 19.1. The number of ether oxygens (including phenoxy) is 1. The maximum Gasteiger partial charge on any atom is 0.325 e. The third-order valence-corrected chi connectivity index (χ3v) is 6.37. The van der Waals surface area contributed by atoms with E-state index in [2.05, 4.69) is 10.2 Å². The number of benzene rings is 1. The van der Waals surface area contributed by atoms with E-state index < -0.39 is 6.03 Å². The zero-order chi connectivity index (χ0) is 21.3. The van der Waals surface area contributed by atoms with Gasteiger partial charge >= 0.3 is 6.03 Å². The van der Waals surface area contributed by atoms with Gasteiger partial charge in [0, 0.05) is 37.2 Å². The molecule has 3 fully saturated rings. The number of carbonyl (C=O) groups excluding carboxylic acids is 3. The molecule has 4 amide bonds. The quantitative estimate of drug-likeness (QED) is 0.727. The van der Waals surface area contributed by atoms with Crippen LogP contribution < -0.4 is 10.1 Å². The third-order valence-electron chi connectivity index (χ3n) is 6.37. The second kappa shape index (κ2) is 8.22. The van der Waals surface area contributed by atoms with Gasteiger partial charge < -0.3 is 14.5 Å². The molecule has 0 aliphatic carbocycles. The van der Waals surface area contributed by atoms with Gasteiger partial charge in [-0.3, -0.25) is 19.8 Å². The van der Waals surface area contributed by atoms with E-state index in [0.717, 1.165) is 32.4 Å². The molecule has 1 aromatic carbocycles. The topological polar surface area (TPSA) is 82.2 Å². The molecule has 3 aliphatic rings. The Bertz CT molecular complexity index is 863. The minimum atomic E-state index is -0.508. The van der Waals surface area contributed by atoms with Crippen molar-refractivity contribution < 1.29 is 23.5 Å². The van der Waals surface area contributed by atoms with E-state index in [4.69, 9.17) is 4.74 Å². The number of urea groups is 1. The van der Waals surface area contributed by atoms with Gasteiger partial charge in [0.05, 0.1) is 7.11 Å². The SMILES string of the molecule is COc1ccc(F)c(CN2CCCC3(CCN(C(=O)CN4CC(=O)NC4=O)C3)C2)c1. The van der Waals surface area contributed by atoms with Crippen molar-refractivity contribution in [1.29, 1.82) is 0 Å². The molecule has 0 saturated carbocycles. The number of nitrogens with one attached hydrogen (secondary N) is 1. The first kappa shape index (κ1) is 20.6. The number of carbonyl (C=O) groups is 3. The van der Waals surface area contributed by atoms with Crippen molar-refractivity contribution in [3.63, 3.8) is 0 Å². The van der Waals surface area contributed by atoms with Crippen molar-refractivity contribution in [3.05, 3.63) is 29.6 Å². The highest BCUT2D eigenvalue weighted by molar-refractivity contribution is 6.03. The van der Waals surface area contributed by atoms with Gasteiger partial charge in [0.1, 0.15) is 24.7 Å². The van der Waals surface area contributed by atoms with E-state index in [1.54, 1.807) is 24.1 Å². The maximum atomic E-state index is 14.3. The first-order valence-corrected chi connectivity index (χ1v) is 10.3. The van der Waals surface area contributed by atoms with Crippen LogP contribution in [0.25, 0.3) is 0 Å². The number of amides is 4. The molecule has 0 aromatic heterocycles. The summed E-state index contributed by atoms with van der Waals surface area (Å²) in [5.74, 6) is -0.108. The lowest BCUT2D eigenvalue weighted by molar-refractivity contribution is -0.131. The van der Waals surface area contributed by atoms with Crippen molar-refractivity contribution in [3.8, 4) is 5.75 Å². The van der Waals surface area contributed by atoms with Gasteiger partial charge in [-0.15, -0.1) is 0 Å². The number of hydrogen-bond donors (Lipinski definition) is 1. The first-order chi connectivity index (χ1) is 14.4. The lowest BCUT2D eigenvalue weighted by atomic mass is 9.79. The first-order valence-electron chi connectivity index (χ1n) is 10.3. The van der Waals surface area contributed by atoms with Crippen LogP contribution in [0.15, 0.2) is 18.2 Å². The molecule has 1 unspecified atom stereocenters. The summed E-state index contributed by atoms with van der Waals surface area (Å²) in [6.45, 7) is 3.33. The Hall–Kier alpha value is -2.68. The molecule has 8 nitrogen and oxygen atoms in total. The Labute approximate surface area is 174 Å². The average molecular weight is 418 g/mol. The molecule has 1 atom stereocenters. The monoisotopic (exact) mass is 418 g/mol. The molecule has 3 saturated heterocycles. The van der Waals surface area contributed by atoms with Crippen LogP contribution in [0.4, 0.5) is 9.18 Å². The van der Waals surface area contributed by atoms with Crippen LogP contribution in [-0.2, 0) is 16.1 Å². The average Bonchev–Trinajstić information content (AvgIpc) is 3.26. The van der Waals surface area contributed by atoms with E-state index in [-0.39, 0.29) is 36.1 Å². The van der Waals surface area contributed by atoms with Gasteiger partial charge in [-0.1, -0.05) is 0 Å². The highest BCUT2D eigenvalue weighted by Crippen LogP contribution is 2.39. The van der Waals surface area contributed by atoms with Crippen molar-refractivity contribution in [2.45, 2.75) is 25.8 Å². The normalized spacial score (nSPS) is 24.6. The number of likely N-dealkylation sites (tertiary alicyclic amines) is 2. The van der Waals surface area contributed by atoms with Gasteiger partial charge in [-0.2, -0.15) is 0 Å². The number of nitrogens with zero attached hydrogens (tertiary/aromatic N) is 3. The van der Waals surface area contributed by atoms with Crippen molar-refractivity contribution in [2.24, 2.45) is 5.41 Å². The van der Waals surface area contributed by atoms with Crippen LogP contribution in [0.2, 0.25) is 0 Å². The van der Waals surface area contributed by atoms with Gasteiger partial charge in [-0.05, 0) is 44.0 Å². The second-order valence-corrected chi connectivity index (χ2v) is 8.55. The maximum absolute atomic E-state index is 14.3. The van der Waals surface area contributed by atoms with E-state index in [9.17, 15) is 18.8 Å². The van der Waals surface area contributed by atoms with E-state index in [1.807, 2.05) is 0 Å². The third kappa shape index (κ3) is 4.26. The number of hydrogen-bond acceptors (Lipinski definition) is 5. The van der Waals surface area contributed by atoms with E-state index in [1.165, 1.54) is 11.0 Å². The van der Waals surface area contributed by atoms with Crippen molar-refractivity contribution in [2.75, 3.05) is 46.4 Å². The summed E-state index contributed by atoms with van der Waals surface area (Å²) in [4.78, 5) is 41.0. The number of piperidine rings is 1. The van der Waals surface area contributed by atoms with Crippen molar-refractivity contribution in [1.82, 2.24) is 20.0 Å². The minimum Gasteiger partial charge on any atom is -0.497 e. The fourth-order valence-corrected chi connectivity index (χ4v) is 4.84. The molecular weight excluding hydrogens is 391 g/mol. The second-order valence-electron chi connectivity index (χ2n) is 8.55. The summed E-state index contributed by atoms with van der Waals surface area (Å²) in [6.07, 6.45) is 2.91. The fourth-order valence-electron chi connectivity index (χ4n) is 4.84. The lowest BCUT2D eigenvalue weighted by Crippen LogP contribution is -2.46. The van der Waals surface area contributed by atoms with Crippen LogP contribution in [0.1, 0.15) is 24.8 Å². The Morgan fingerprint density at radius 3 is 2.80 bits per heavy atom. The van der Waals surface area contributed by atoms with Crippen LogP contribution in [-0.4, -0.2) is 78.9 Å². The molecule has 0 radical (unpaired) electrons. The standard InChI is InChI=1S/C21H27FN4O4/c1-30-16-3-4-17(22)15(9-16)10-24-7-2-5-21(13-24)6-8-25(14-21)19(28)12-26-11-18(27)23-20(26)29/h3-4,9H,2,5-8,10-14H2,1H3,(H,23,27,29). The smallest absolute Gasteiger partial charge is 0.325 e. The lowest BCUT2D eigenvalue weighted by Gasteiger charge is -2.40. The number of rotatable bonds is 5. The summed E-state index contributed by atoms with van der Waals surface area (Å²) in [7, 11) is 1.57. The largest absolute Gasteiger partial charge is 0.497 e. The highest BCUT2D eigenvalue weighted by Gasteiger charge is 2.43. The van der Waals surface area contributed by atoms with Crippen LogP contribution in [0.3, 0.4) is 0 Å². The molecule has 3 aliphatic heterocycles. The summed E-state index contributed by atoms with van der Waals surface area (Å²) < 4.78 is 19.5. The van der Waals surface area contributed by atoms with Gasteiger partial charge in [0.15, 0.2) is 0 Å². The van der Waals surface area contributed by atoms with Crippen LogP contribution in [0.5, 0.6) is 5.75 Å². The Kier molecular flexibility index (Phi) is 5.64. The van der Waals surface area contributed by atoms with E-state index >= 15 is 0 Å². The zero-order valence-electron chi connectivity index (χ0n) is 17.2. The summed E-state index contributed by atoms with van der Waals surface area (Å²) in [6, 6.07) is 4.28. The molecule has 4 rings (SSSR count). The molecule has 1 aromatic rings. The number of methoxy groups -OCH3 is 1. The Morgan fingerprint density at radius 2 is 2.07 bits per heavy atom. The molecular formula is C21H27FN4O4. The van der Waals surface area contributed by atoms with Crippen LogP contribution in [0, 0.1) is 11.2 Å². The predicted octanol–water partition coefficient (Wildman–Crippen LogP) is 1.20.